The molecule has 1 aromatic carbocycles. The van der Waals surface area contributed by atoms with Crippen LogP contribution in [0.1, 0.15) is 44.2 Å². The van der Waals surface area contributed by atoms with Gasteiger partial charge in [0.2, 0.25) is 0 Å². The normalized spacial score (nSPS) is 24.4. The summed E-state index contributed by atoms with van der Waals surface area (Å²) in [6, 6.07) is 9.20. The number of nitrogens with one attached hydrogen (secondary N) is 2. The lowest BCUT2D eigenvalue weighted by atomic mass is 10.0. The van der Waals surface area contributed by atoms with Crippen molar-refractivity contribution in [2.24, 2.45) is 4.99 Å². The van der Waals surface area contributed by atoms with E-state index in [4.69, 9.17) is 9.73 Å². The van der Waals surface area contributed by atoms with E-state index in [0.29, 0.717) is 12.0 Å². The van der Waals surface area contributed by atoms with Crippen LogP contribution in [-0.4, -0.2) is 61.8 Å². The molecule has 0 bridgehead atoms. The molecule has 0 amide bonds. The molecule has 2 aliphatic rings. The SMILES string of the molecule is CCNC(=NCC(C)(C)N1CCOCC1)NC1CC1c1ccccc1C. The highest BCUT2D eigenvalue weighted by Crippen LogP contribution is 2.42. The Hall–Kier alpha value is -1.59. The Morgan fingerprint density at radius 3 is 2.69 bits per heavy atom. The van der Waals surface area contributed by atoms with Gasteiger partial charge in [0.15, 0.2) is 5.96 Å². The fraction of sp³-hybridized carbons (Fsp3) is 0.667. The van der Waals surface area contributed by atoms with Crippen LogP contribution in [0, 0.1) is 6.92 Å². The van der Waals surface area contributed by atoms with E-state index in [9.17, 15) is 0 Å². The quantitative estimate of drug-likeness (QED) is 0.606. The van der Waals surface area contributed by atoms with Gasteiger partial charge < -0.3 is 15.4 Å². The van der Waals surface area contributed by atoms with Crippen LogP contribution >= 0.6 is 0 Å². The maximum Gasteiger partial charge on any atom is 0.191 e. The van der Waals surface area contributed by atoms with Gasteiger partial charge in [-0.15, -0.1) is 0 Å². The number of rotatable bonds is 6. The fourth-order valence-corrected chi connectivity index (χ4v) is 3.74. The molecule has 5 nitrogen and oxygen atoms in total. The maximum atomic E-state index is 5.48. The number of aryl methyl sites for hydroxylation is 1. The number of morpholine rings is 1. The Morgan fingerprint density at radius 1 is 1.27 bits per heavy atom. The molecule has 0 radical (unpaired) electrons. The van der Waals surface area contributed by atoms with Crippen molar-refractivity contribution in [1.82, 2.24) is 15.5 Å². The molecule has 3 rings (SSSR count). The Bertz CT molecular complexity index is 622. The molecule has 1 saturated heterocycles. The van der Waals surface area contributed by atoms with E-state index in [0.717, 1.165) is 45.4 Å². The fourth-order valence-electron chi connectivity index (χ4n) is 3.74. The molecule has 26 heavy (non-hydrogen) atoms. The zero-order chi connectivity index (χ0) is 18.6. The third-order valence-electron chi connectivity index (χ3n) is 5.54. The summed E-state index contributed by atoms with van der Waals surface area (Å²) < 4.78 is 5.48. The van der Waals surface area contributed by atoms with Gasteiger partial charge in [0.25, 0.3) is 0 Å². The number of hydrogen-bond donors (Lipinski definition) is 2. The summed E-state index contributed by atoms with van der Waals surface area (Å²) in [5.41, 5.74) is 2.90. The molecule has 1 saturated carbocycles. The molecule has 2 atom stereocenters. The highest BCUT2D eigenvalue weighted by molar-refractivity contribution is 5.80. The van der Waals surface area contributed by atoms with Crippen LogP contribution in [0.5, 0.6) is 0 Å². The summed E-state index contributed by atoms with van der Waals surface area (Å²) in [6.07, 6.45) is 1.18. The van der Waals surface area contributed by atoms with Gasteiger partial charge >= 0.3 is 0 Å². The summed E-state index contributed by atoms with van der Waals surface area (Å²) in [4.78, 5) is 7.39. The van der Waals surface area contributed by atoms with E-state index in [1.807, 2.05) is 0 Å². The molecular weight excluding hydrogens is 324 g/mol. The summed E-state index contributed by atoms with van der Waals surface area (Å²) in [6.45, 7) is 14.2. The predicted octanol–water partition coefficient (Wildman–Crippen LogP) is 2.52. The van der Waals surface area contributed by atoms with Crippen LogP contribution in [0.15, 0.2) is 29.3 Å². The molecular formula is C21H34N4O. The lowest BCUT2D eigenvalue weighted by molar-refractivity contribution is -0.00683. The maximum absolute atomic E-state index is 5.48. The van der Waals surface area contributed by atoms with Crippen molar-refractivity contribution < 1.29 is 4.74 Å². The molecule has 0 aromatic heterocycles. The minimum atomic E-state index is 0.0467. The second-order valence-corrected chi connectivity index (χ2v) is 8.06. The molecule has 2 fully saturated rings. The zero-order valence-electron chi connectivity index (χ0n) is 16.7. The summed E-state index contributed by atoms with van der Waals surface area (Å²) in [5.74, 6) is 1.54. The van der Waals surface area contributed by atoms with Crippen LogP contribution in [0.2, 0.25) is 0 Å². The second-order valence-electron chi connectivity index (χ2n) is 8.06. The van der Waals surface area contributed by atoms with Gasteiger partial charge in [-0.1, -0.05) is 24.3 Å². The monoisotopic (exact) mass is 358 g/mol. The van der Waals surface area contributed by atoms with Crippen molar-refractivity contribution in [3.8, 4) is 0 Å². The Balaban J connectivity index is 1.59. The minimum Gasteiger partial charge on any atom is -0.379 e. The molecule has 144 valence electrons. The van der Waals surface area contributed by atoms with E-state index in [2.05, 4.69) is 67.5 Å². The largest absolute Gasteiger partial charge is 0.379 e. The Kier molecular flexibility index (Phi) is 6.20. The molecule has 1 aromatic rings. The van der Waals surface area contributed by atoms with Crippen LogP contribution < -0.4 is 10.6 Å². The number of ether oxygens (including phenoxy) is 1. The number of nitrogens with zero attached hydrogens (tertiary/aromatic N) is 2. The van der Waals surface area contributed by atoms with E-state index in [1.54, 1.807) is 0 Å². The van der Waals surface area contributed by atoms with Gasteiger partial charge in [0.05, 0.1) is 19.8 Å². The smallest absolute Gasteiger partial charge is 0.191 e. The van der Waals surface area contributed by atoms with Crippen molar-refractivity contribution in [3.05, 3.63) is 35.4 Å². The molecule has 1 aliphatic heterocycles. The van der Waals surface area contributed by atoms with Gasteiger partial charge in [-0.05, 0) is 45.2 Å². The molecule has 0 spiro atoms. The number of guanidine groups is 1. The Morgan fingerprint density at radius 2 is 2.00 bits per heavy atom. The van der Waals surface area contributed by atoms with Gasteiger partial charge in [0.1, 0.15) is 0 Å². The number of benzene rings is 1. The lowest BCUT2D eigenvalue weighted by Crippen LogP contribution is -2.52. The standard InChI is InChI=1S/C21H34N4O/c1-5-22-20(23-15-21(3,4)25-10-12-26-13-11-25)24-19-14-18(19)17-9-7-6-8-16(17)2/h6-9,18-19H,5,10-15H2,1-4H3,(H2,22,23,24). The first-order valence-electron chi connectivity index (χ1n) is 9.94. The predicted molar refractivity (Wildman–Crippen MR) is 108 cm³/mol. The van der Waals surface area contributed by atoms with Crippen LogP contribution in [0.25, 0.3) is 0 Å². The first-order valence-corrected chi connectivity index (χ1v) is 9.94. The highest BCUT2D eigenvalue weighted by Gasteiger charge is 2.39. The summed E-state index contributed by atoms with van der Waals surface area (Å²) >= 11 is 0. The minimum absolute atomic E-state index is 0.0467. The average Bonchev–Trinajstić information content (AvgIpc) is 3.40. The van der Waals surface area contributed by atoms with Crippen molar-refractivity contribution in [2.45, 2.75) is 51.6 Å². The van der Waals surface area contributed by atoms with E-state index < -0.39 is 0 Å². The molecule has 5 heteroatoms. The van der Waals surface area contributed by atoms with Crippen molar-refractivity contribution in [3.63, 3.8) is 0 Å². The Labute approximate surface area is 158 Å². The lowest BCUT2D eigenvalue weighted by Gasteiger charge is -2.39. The van der Waals surface area contributed by atoms with Crippen molar-refractivity contribution >= 4 is 5.96 Å². The molecule has 1 aliphatic carbocycles. The summed E-state index contributed by atoms with van der Waals surface area (Å²) in [5, 5.41) is 7.05. The third kappa shape index (κ3) is 4.77. The van der Waals surface area contributed by atoms with E-state index in [-0.39, 0.29) is 5.54 Å². The first kappa shape index (κ1) is 19.2. The van der Waals surface area contributed by atoms with Gasteiger partial charge in [0, 0.05) is 37.1 Å². The first-order chi connectivity index (χ1) is 12.5. The second kappa shape index (κ2) is 8.40. The molecule has 2 N–H and O–H groups in total. The number of aliphatic imine (C=N–C) groups is 1. The zero-order valence-corrected chi connectivity index (χ0v) is 16.7. The van der Waals surface area contributed by atoms with Gasteiger partial charge in [-0.25, -0.2) is 0 Å². The molecule has 1 heterocycles. The van der Waals surface area contributed by atoms with Crippen LogP contribution in [0.3, 0.4) is 0 Å². The van der Waals surface area contributed by atoms with Crippen molar-refractivity contribution in [1.29, 1.82) is 0 Å². The van der Waals surface area contributed by atoms with Crippen LogP contribution in [-0.2, 0) is 4.74 Å². The summed E-state index contributed by atoms with van der Waals surface area (Å²) in [7, 11) is 0. The third-order valence-corrected chi connectivity index (χ3v) is 5.54. The van der Waals surface area contributed by atoms with E-state index >= 15 is 0 Å². The molecule has 2 unspecified atom stereocenters. The van der Waals surface area contributed by atoms with Gasteiger partial charge in [-0.3, -0.25) is 9.89 Å². The van der Waals surface area contributed by atoms with Gasteiger partial charge in [-0.2, -0.15) is 0 Å². The average molecular weight is 359 g/mol. The van der Waals surface area contributed by atoms with Crippen molar-refractivity contribution in [2.75, 3.05) is 39.4 Å². The highest BCUT2D eigenvalue weighted by atomic mass is 16.5. The number of hydrogen-bond acceptors (Lipinski definition) is 3. The van der Waals surface area contributed by atoms with E-state index in [1.165, 1.54) is 17.5 Å². The topological polar surface area (TPSA) is 48.9 Å². The van der Waals surface area contributed by atoms with Crippen LogP contribution in [0.4, 0.5) is 0 Å².